The van der Waals surface area contributed by atoms with Crippen molar-refractivity contribution < 1.29 is 10.2 Å². The zero-order valence-corrected chi connectivity index (χ0v) is 7.93. The molecule has 0 saturated carbocycles. The Morgan fingerprint density at radius 2 is 2.36 bits per heavy atom. The molecule has 76 valence electrons. The molecule has 1 aromatic heterocycles. The fourth-order valence-corrected chi connectivity index (χ4v) is 1.68. The Balaban J connectivity index is 2.15. The highest BCUT2D eigenvalue weighted by atomic mass is 16.3. The van der Waals surface area contributed by atoms with E-state index in [1.54, 1.807) is 6.07 Å². The molecular formula is C10H14N2O2. The summed E-state index contributed by atoms with van der Waals surface area (Å²) in [5.74, 6) is 0.841. The molecular weight excluding hydrogens is 180 g/mol. The number of hydrogen-bond acceptors (Lipinski definition) is 4. The van der Waals surface area contributed by atoms with E-state index >= 15 is 0 Å². The second kappa shape index (κ2) is 3.94. The maximum atomic E-state index is 9.37. The van der Waals surface area contributed by atoms with Gasteiger partial charge >= 0.3 is 0 Å². The van der Waals surface area contributed by atoms with Crippen molar-refractivity contribution in [3.8, 4) is 0 Å². The molecule has 2 N–H and O–H groups in total. The van der Waals surface area contributed by atoms with E-state index in [4.69, 9.17) is 5.11 Å². The van der Waals surface area contributed by atoms with Crippen molar-refractivity contribution in [2.24, 2.45) is 0 Å². The Hall–Kier alpha value is -1.13. The molecule has 1 unspecified atom stereocenters. The van der Waals surface area contributed by atoms with Gasteiger partial charge in [-0.05, 0) is 18.6 Å². The van der Waals surface area contributed by atoms with Gasteiger partial charge in [-0.3, -0.25) is 0 Å². The van der Waals surface area contributed by atoms with E-state index in [9.17, 15) is 5.11 Å². The number of β-amino-alcohol motifs (C(OH)–C–C–N with tert-alkyl or cyclic N) is 1. The minimum atomic E-state index is -0.241. The minimum Gasteiger partial charge on any atom is -0.391 e. The van der Waals surface area contributed by atoms with Crippen LogP contribution in [0.1, 0.15) is 12.1 Å². The first-order valence-electron chi connectivity index (χ1n) is 4.79. The number of aliphatic hydroxyl groups is 2. The van der Waals surface area contributed by atoms with Crippen molar-refractivity contribution in [3.63, 3.8) is 0 Å². The molecule has 1 aromatic rings. The lowest BCUT2D eigenvalue weighted by Gasteiger charge is -2.16. The Morgan fingerprint density at radius 1 is 1.50 bits per heavy atom. The normalized spacial score (nSPS) is 21.6. The summed E-state index contributed by atoms with van der Waals surface area (Å²) in [6.07, 6.45) is 0.556. The quantitative estimate of drug-likeness (QED) is 0.703. The lowest BCUT2D eigenvalue weighted by atomic mass is 10.3. The van der Waals surface area contributed by atoms with Gasteiger partial charge in [-0.15, -0.1) is 0 Å². The van der Waals surface area contributed by atoms with Crippen LogP contribution in [0.25, 0.3) is 0 Å². The van der Waals surface area contributed by atoms with Crippen molar-refractivity contribution in [2.75, 3.05) is 18.0 Å². The third-order valence-corrected chi connectivity index (χ3v) is 2.44. The Labute approximate surface area is 82.8 Å². The first-order chi connectivity index (χ1) is 6.79. The van der Waals surface area contributed by atoms with Gasteiger partial charge in [-0.2, -0.15) is 0 Å². The first kappa shape index (κ1) is 9.43. The van der Waals surface area contributed by atoms with Crippen LogP contribution in [0.5, 0.6) is 0 Å². The summed E-state index contributed by atoms with van der Waals surface area (Å²) in [4.78, 5) is 6.30. The molecule has 4 heteroatoms. The van der Waals surface area contributed by atoms with E-state index in [-0.39, 0.29) is 12.7 Å². The molecule has 1 saturated heterocycles. The van der Waals surface area contributed by atoms with Gasteiger partial charge in [0.1, 0.15) is 5.82 Å². The predicted octanol–water partition coefficient (Wildman–Crippen LogP) is 0.145. The smallest absolute Gasteiger partial charge is 0.128 e. The first-order valence-corrected chi connectivity index (χ1v) is 4.79. The van der Waals surface area contributed by atoms with Crippen LogP contribution in [0.15, 0.2) is 18.2 Å². The molecule has 1 aliphatic heterocycles. The summed E-state index contributed by atoms with van der Waals surface area (Å²) in [5, 5.41) is 18.3. The molecule has 0 spiro atoms. The van der Waals surface area contributed by atoms with E-state index in [1.165, 1.54) is 0 Å². The maximum absolute atomic E-state index is 9.37. The van der Waals surface area contributed by atoms with Crippen molar-refractivity contribution in [3.05, 3.63) is 23.9 Å². The van der Waals surface area contributed by atoms with E-state index in [2.05, 4.69) is 4.98 Å². The number of nitrogens with zero attached hydrogens (tertiary/aromatic N) is 2. The fourth-order valence-electron chi connectivity index (χ4n) is 1.68. The number of aliphatic hydroxyl groups excluding tert-OH is 2. The van der Waals surface area contributed by atoms with Gasteiger partial charge in [0, 0.05) is 13.1 Å². The van der Waals surface area contributed by atoms with Crippen LogP contribution in [-0.2, 0) is 6.61 Å². The highest BCUT2D eigenvalue weighted by Crippen LogP contribution is 2.18. The monoisotopic (exact) mass is 194 g/mol. The van der Waals surface area contributed by atoms with Gasteiger partial charge in [0.2, 0.25) is 0 Å². The molecule has 2 heterocycles. The third kappa shape index (κ3) is 1.86. The van der Waals surface area contributed by atoms with Crippen LogP contribution in [-0.4, -0.2) is 34.4 Å². The average molecular weight is 194 g/mol. The van der Waals surface area contributed by atoms with Crippen LogP contribution in [0.2, 0.25) is 0 Å². The Morgan fingerprint density at radius 3 is 3.00 bits per heavy atom. The summed E-state index contributed by atoms with van der Waals surface area (Å²) >= 11 is 0. The van der Waals surface area contributed by atoms with Gasteiger partial charge in [-0.1, -0.05) is 6.07 Å². The minimum absolute atomic E-state index is 0.0375. The molecule has 2 rings (SSSR count). The standard InChI is InChI=1S/C10H14N2O2/c13-7-8-2-1-3-10(11-8)12-5-4-9(14)6-12/h1-3,9,13-14H,4-7H2. The fraction of sp³-hybridized carbons (Fsp3) is 0.500. The Bertz CT molecular complexity index is 317. The lowest BCUT2D eigenvalue weighted by Crippen LogP contribution is -2.22. The molecule has 0 radical (unpaired) electrons. The van der Waals surface area contributed by atoms with Crippen molar-refractivity contribution in [2.45, 2.75) is 19.1 Å². The zero-order chi connectivity index (χ0) is 9.97. The molecule has 0 aromatic carbocycles. The highest BCUT2D eigenvalue weighted by Gasteiger charge is 2.21. The summed E-state index contributed by atoms with van der Waals surface area (Å²) in [6, 6.07) is 5.56. The molecule has 1 aliphatic rings. The SMILES string of the molecule is OCc1cccc(N2CCC(O)C2)n1. The van der Waals surface area contributed by atoms with E-state index in [1.807, 2.05) is 17.0 Å². The van der Waals surface area contributed by atoms with Crippen molar-refractivity contribution in [1.82, 2.24) is 4.98 Å². The molecule has 0 aliphatic carbocycles. The van der Waals surface area contributed by atoms with Crippen LogP contribution in [0, 0.1) is 0 Å². The number of anilines is 1. The number of rotatable bonds is 2. The van der Waals surface area contributed by atoms with Crippen LogP contribution >= 0.6 is 0 Å². The molecule has 4 nitrogen and oxygen atoms in total. The van der Waals surface area contributed by atoms with Gasteiger partial charge < -0.3 is 15.1 Å². The number of hydrogen-bond donors (Lipinski definition) is 2. The Kier molecular flexibility index (Phi) is 2.65. The van der Waals surface area contributed by atoms with Crippen LogP contribution in [0.3, 0.4) is 0 Å². The maximum Gasteiger partial charge on any atom is 0.128 e. The second-order valence-corrected chi connectivity index (χ2v) is 3.53. The van der Waals surface area contributed by atoms with E-state index in [0.29, 0.717) is 12.2 Å². The van der Waals surface area contributed by atoms with Crippen molar-refractivity contribution >= 4 is 5.82 Å². The topological polar surface area (TPSA) is 56.6 Å². The third-order valence-electron chi connectivity index (χ3n) is 2.44. The number of aromatic nitrogens is 1. The molecule has 0 bridgehead atoms. The average Bonchev–Trinajstić information content (AvgIpc) is 2.65. The lowest BCUT2D eigenvalue weighted by molar-refractivity contribution is 0.198. The summed E-state index contributed by atoms with van der Waals surface area (Å²) in [5.41, 5.74) is 0.670. The second-order valence-electron chi connectivity index (χ2n) is 3.53. The zero-order valence-electron chi connectivity index (χ0n) is 7.93. The number of pyridine rings is 1. The summed E-state index contributed by atoms with van der Waals surface area (Å²) in [6.45, 7) is 1.44. The largest absolute Gasteiger partial charge is 0.391 e. The predicted molar refractivity (Wildman–Crippen MR) is 53.0 cm³/mol. The molecule has 0 amide bonds. The van der Waals surface area contributed by atoms with E-state index < -0.39 is 0 Å². The highest BCUT2D eigenvalue weighted by molar-refractivity contribution is 5.40. The van der Waals surface area contributed by atoms with Gasteiger partial charge in [0.05, 0.1) is 18.4 Å². The van der Waals surface area contributed by atoms with Crippen LogP contribution in [0.4, 0.5) is 5.82 Å². The summed E-state index contributed by atoms with van der Waals surface area (Å²) in [7, 11) is 0. The summed E-state index contributed by atoms with van der Waals surface area (Å²) < 4.78 is 0. The van der Waals surface area contributed by atoms with Gasteiger partial charge in [-0.25, -0.2) is 4.98 Å². The van der Waals surface area contributed by atoms with Crippen LogP contribution < -0.4 is 4.90 Å². The molecule has 1 atom stereocenters. The van der Waals surface area contributed by atoms with Gasteiger partial charge in [0.15, 0.2) is 0 Å². The van der Waals surface area contributed by atoms with Gasteiger partial charge in [0.25, 0.3) is 0 Å². The van der Waals surface area contributed by atoms with Crippen molar-refractivity contribution in [1.29, 1.82) is 0 Å². The van der Waals surface area contributed by atoms with E-state index in [0.717, 1.165) is 18.8 Å². The molecule has 1 fully saturated rings. The molecule has 14 heavy (non-hydrogen) atoms.